The van der Waals surface area contributed by atoms with E-state index in [0.717, 1.165) is 12.0 Å². The summed E-state index contributed by atoms with van der Waals surface area (Å²) in [6.45, 7) is 4.94. The summed E-state index contributed by atoms with van der Waals surface area (Å²) in [6, 6.07) is 5.45. The fourth-order valence-corrected chi connectivity index (χ4v) is 2.78. The monoisotopic (exact) mass is 349 g/mol. The molecule has 3 amide bonds. The van der Waals surface area contributed by atoms with E-state index in [9.17, 15) is 9.59 Å². The molecule has 1 aliphatic heterocycles. The number of nitrogens with zero attached hydrogens (tertiary/aromatic N) is 2. The maximum Gasteiger partial charge on any atom is 0.317 e. The highest BCUT2D eigenvalue weighted by molar-refractivity contribution is 5.80. The van der Waals surface area contributed by atoms with E-state index in [1.165, 1.54) is 0 Å². The van der Waals surface area contributed by atoms with E-state index in [4.69, 9.17) is 9.47 Å². The zero-order chi connectivity index (χ0) is 18.2. The zero-order valence-corrected chi connectivity index (χ0v) is 15.2. The van der Waals surface area contributed by atoms with Crippen LogP contribution in [0, 0.1) is 0 Å². The lowest BCUT2D eigenvalue weighted by molar-refractivity contribution is -0.131. The third-order valence-electron chi connectivity index (χ3n) is 4.25. The molecular formula is C18H27N3O4. The van der Waals surface area contributed by atoms with Gasteiger partial charge in [-0.3, -0.25) is 4.79 Å². The number of benzene rings is 1. The minimum absolute atomic E-state index is 0.0474. The van der Waals surface area contributed by atoms with Gasteiger partial charge in [0.1, 0.15) is 0 Å². The summed E-state index contributed by atoms with van der Waals surface area (Å²) >= 11 is 0. The molecule has 25 heavy (non-hydrogen) atoms. The molecule has 138 valence electrons. The Morgan fingerprint density at radius 3 is 2.28 bits per heavy atom. The van der Waals surface area contributed by atoms with Crippen LogP contribution in [0.15, 0.2) is 18.2 Å². The first-order chi connectivity index (χ1) is 12.1. The molecule has 2 rings (SSSR count). The van der Waals surface area contributed by atoms with Crippen molar-refractivity contribution in [2.45, 2.75) is 19.8 Å². The Bertz CT molecular complexity index is 598. The minimum atomic E-state index is -0.0474. The van der Waals surface area contributed by atoms with Crippen LogP contribution in [0.4, 0.5) is 4.79 Å². The van der Waals surface area contributed by atoms with Crippen LogP contribution < -0.4 is 14.8 Å². The van der Waals surface area contributed by atoms with E-state index in [1.54, 1.807) is 30.1 Å². The standard InChI is InChI=1S/C18H27N3O4/c1-4-7-19-18(23)21-10-8-20(9-11-21)17(22)13-14-5-6-15(24-2)16(12-14)25-3/h5-6,12H,4,7-11,13H2,1-3H3,(H,19,23). The van der Waals surface area contributed by atoms with Crippen LogP contribution >= 0.6 is 0 Å². The van der Waals surface area contributed by atoms with Crippen molar-refractivity contribution < 1.29 is 19.1 Å². The predicted molar refractivity (Wildman–Crippen MR) is 95.1 cm³/mol. The molecule has 0 aromatic heterocycles. The van der Waals surface area contributed by atoms with E-state index in [-0.39, 0.29) is 11.9 Å². The summed E-state index contributed by atoms with van der Waals surface area (Å²) in [5.41, 5.74) is 0.880. The molecule has 0 saturated carbocycles. The molecule has 0 radical (unpaired) electrons. The van der Waals surface area contributed by atoms with Crippen molar-refractivity contribution >= 4 is 11.9 Å². The second kappa shape index (κ2) is 9.15. The van der Waals surface area contributed by atoms with Gasteiger partial charge in [-0.25, -0.2) is 4.79 Å². The van der Waals surface area contributed by atoms with Gasteiger partial charge >= 0.3 is 6.03 Å². The maximum atomic E-state index is 12.5. The molecule has 1 saturated heterocycles. The number of methoxy groups -OCH3 is 2. The Kier molecular flexibility index (Phi) is 6.91. The second-order valence-corrected chi connectivity index (χ2v) is 5.97. The largest absolute Gasteiger partial charge is 0.493 e. The highest BCUT2D eigenvalue weighted by Gasteiger charge is 2.24. The quantitative estimate of drug-likeness (QED) is 0.845. The molecular weight excluding hydrogens is 322 g/mol. The van der Waals surface area contributed by atoms with Gasteiger partial charge in [0, 0.05) is 32.7 Å². The third-order valence-corrected chi connectivity index (χ3v) is 4.25. The number of carbonyl (C=O) groups excluding carboxylic acids is 2. The number of piperazine rings is 1. The van der Waals surface area contributed by atoms with Crippen LogP contribution in [-0.2, 0) is 11.2 Å². The van der Waals surface area contributed by atoms with Gasteiger partial charge in [-0.1, -0.05) is 13.0 Å². The van der Waals surface area contributed by atoms with Gasteiger partial charge in [0.05, 0.1) is 20.6 Å². The number of rotatable bonds is 6. The summed E-state index contributed by atoms with van der Waals surface area (Å²) in [7, 11) is 3.16. The number of amides is 3. The van der Waals surface area contributed by atoms with E-state index in [1.807, 2.05) is 19.1 Å². The van der Waals surface area contributed by atoms with Crippen molar-refractivity contribution in [1.82, 2.24) is 15.1 Å². The second-order valence-electron chi connectivity index (χ2n) is 5.97. The molecule has 0 atom stereocenters. The Hall–Kier alpha value is -2.44. The average molecular weight is 349 g/mol. The van der Waals surface area contributed by atoms with Gasteiger partial charge in [0.2, 0.25) is 5.91 Å². The molecule has 1 aromatic rings. The molecule has 0 bridgehead atoms. The Morgan fingerprint density at radius 2 is 1.68 bits per heavy atom. The van der Waals surface area contributed by atoms with E-state index in [2.05, 4.69) is 5.32 Å². The normalized spacial score (nSPS) is 14.2. The number of nitrogens with one attached hydrogen (secondary N) is 1. The molecule has 1 aliphatic rings. The van der Waals surface area contributed by atoms with Crippen LogP contribution in [-0.4, -0.2) is 68.7 Å². The Labute approximate surface area is 148 Å². The van der Waals surface area contributed by atoms with Crippen molar-refractivity contribution in [2.75, 3.05) is 46.9 Å². The van der Waals surface area contributed by atoms with Crippen molar-refractivity contribution in [3.05, 3.63) is 23.8 Å². The first-order valence-corrected chi connectivity index (χ1v) is 8.60. The lowest BCUT2D eigenvalue weighted by atomic mass is 10.1. The average Bonchev–Trinajstić information content (AvgIpc) is 2.66. The number of hydrogen-bond donors (Lipinski definition) is 1. The number of urea groups is 1. The van der Waals surface area contributed by atoms with Gasteiger partial charge in [0.25, 0.3) is 0 Å². The van der Waals surface area contributed by atoms with Crippen molar-refractivity contribution in [1.29, 1.82) is 0 Å². The van der Waals surface area contributed by atoms with Gasteiger partial charge in [-0.05, 0) is 24.1 Å². The predicted octanol–water partition coefficient (Wildman–Crippen LogP) is 1.51. The molecule has 7 heteroatoms. The lowest BCUT2D eigenvalue weighted by Crippen LogP contribution is -2.53. The molecule has 1 aromatic carbocycles. The molecule has 1 heterocycles. The molecule has 0 spiro atoms. The maximum absolute atomic E-state index is 12.5. The number of carbonyl (C=O) groups is 2. The summed E-state index contributed by atoms with van der Waals surface area (Å²) in [5, 5.41) is 2.87. The van der Waals surface area contributed by atoms with Gasteiger partial charge in [-0.15, -0.1) is 0 Å². The molecule has 0 aliphatic carbocycles. The molecule has 1 N–H and O–H groups in total. The fraction of sp³-hybridized carbons (Fsp3) is 0.556. The Morgan fingerprint density at radius 1 is 1.04 bits per heavy atom. The zero-order valence-electron chi connectivity index (χ0n) is 15.2. The van der Waals surface area contributed by atoms with Crippen LogP contribution in [0.25, 0.3) is 0 Å². The summed E-state index contributed by atoms with van der Waals surface area (Å²) in [6.07, 6.45) is 1.22. The van der Waals surface area contributed by atoms with Crippen LogP contribution in [0.2, 0.25) is 0 Å². The molecule has 7 nitrogen and oxygen atoms in total. The van der Waals surface area contributed by atoms with E-state index < -0.39 is 0 Å². The summed E-state index contributed by atoms with van der Waals surface area (Å²) < 4.78 is 10.5. The van der Waals surface area contributed by atoms with Crippen LogP contribution in [0.5, 0.6) is 11.5 Å². The van der Waals surface area contributed by atoms with E-state index >= 15 is 0 Å². The minimum Gasteiger partial charge on any atom is -0.493 e. The first-order valence-electron chi connectivity index (χ1n) is 8.60. The SMILES string of the molecule is CCCNC(=O)N1CCN(C(=O)Cc2ccc(OC)c(OC)c2)CC1. The lowest BCUT2D eigenvalue weighted by Gasteiger charge is -2.34. The van der Waals surface area contributed by atoms with Crippen molar-refractivity contribution in [3.8, 4) is 11.5 Å². The van der Waals surface area contributed by atoms with Gasteiger partial charge in [-0.2, -0.15) is 0 Å². The highest BCUT2D eigenvalue weighted by Crippen LogP contribution is 2.27. The van der Waals surface area contributed by atoms with E-state index in [0.29, 0.717) is 50.6 Å². The summed E-state index contributed by atoms with van der Waals surface area (Å²) in [5.74, 6) is 1.32. The number of ether oxygens (including phenoxy) is 2. The smallest absolute Gasteiger partial charge is 0.317 e. The molecule has 0 unspecified atom stereocenters. The van der Waals surface area contributed by atoms with Crippen molar-refractivity contribution in [2.24, 2.45) is 0 Å². The van der Waals surface area contributed by atoms with Crippen LogP contribution in [0.1, 0.15) is 18.9 Å². The first kappa shape index (κ1) is 18.9. The number of hydrogen-bond acceptors (Lipinski definition) is 4. The third kappa shape index (κ3) is 5.01. The highest BCUT2D eigenvalue weighted by atomic mass is 16.5. The van der Waals surface area contributed by atoms with Gasteiger partial charge < -0.3 is 24.6 Å². The molecule has 1 fully saturated rings. The topological polar surface area (TPSA) is 71.1 Å². The Balaban J connectivity index is 1.87. The van der Waals surface area contributed by atoms with Crippen molar-refractivity contribution in [3.63, 3.8) is 0 Å². The fourth-order valence-electron chi connectivity index (χ4n) is 2.78. The van der Waals surface area contributed by atoms with Gasteiger partial charge in [0.15, 0.2) is 11.5 Å². The summed E-state index contributed by atoms with van der Waals surface area (Å²) in [4.78, 5) is 28.0. The van der Waals surface area contributed by atoms with Crippen LogP contribution in [0.3, 0.4) is 0 Å².